The third-order valence-corrected chi connectivity index (χ3v) is 3.76. The van der Waals surface area contributed by atoms with Gasteiger partial charge in [0.25, 0.3) is 0 Å². The number of hydrogen-bond acceptors (Lipinski definition) is 2. The van der Waals surface area contributed by atoms with Crippen LogP contribution in [0, 0.1) is 13.8 Å². The molecule has 0 aliphatic rings. The van der Waals surface area contributed by atoms with Crippen molar-refractivity contribution in [3.8, 4) is 0 Å². The fraction of sp³-hybridized carbons (Fsp3) is 0.250. The Labute approximate surface area is 129 Å². The van der Waals surface area contributed by atoms with E-state index in [1.54, 1.807) is 17.8 Å². The van der Waals surface area contributed by atoms with E-state index in [2.05, 4.69) is 10.4 Å². The maximum Gasteiger partial charge on any atom is 0.244 e. The number of benzene rings is 1. The smallest absolute Gasteiger partial charge is 0.244 e. The number of nitrogens with zero attached hydrogens (tertiary/aromatic N) is 2. The van der Waals surface area contributed by atoms with Gasteiger partial charge in [0.05, 0.1) is 5.69 Å². The number of carbonyl (C=O) groups is 1. The van der Waals surface area contributed by atoms with E-state index in [4.69, 9.17) is 11.6 Å². The number of carbonyl (C=O) groups excluding carboxylic acids is 1. The van der Waals surface area contributed by atoms with Crippen molar-refractivity contribution in [2.75, 3.05) is 0 Å². The lowest BCUT2D eigenvalue weighted by Gasteiger charge is -2.05. The van der Waals surface area contributed by atoms with Crippen LogP contribution in [0.15, 0.2) is 30.3 Å². The number of aromatic nitrogens is 2. The normalized spacial score (nSPS) is 11.0. The van der Waals surface area contributed by atoms with E-state index in [0.29, 0.717) is 11.7 Å². The maximum atomic E-state index is 11.9. The lowest BCUT2D eigenvalue weighted by molar-refractivity contribution is -0.116. The molecule has 21 heavy (non-hydrogen) atoms. The van der Waals surface area contributed by atoms with Crippen LogP contribution in [0.3, 0.4) is 0 Å². The van der Waals surface area contributed by atoms with Crippen LogP contribution < -0.4 is 5.32 Å². The highest BCUT2D eigenvalue weighted by Gasteiger charge is 2.08. The maximum absolute atomic E-state index is 11.9. The second-order valence-electron chi connectivity index (χ2n) is 4.89. The standard InChI is InChI=1S/C16H18ClN3O/c1-11-6-4-5-7-13(11)10-18-15(21)9-8-14-12(2)19-20(3)16(14)17/h4-9H,10H2,1-3H3,(H,18,21)/b9-8+. The SMILES string of the molecule is Cc1ccccc1CNC(=O)/C=C/c1c(C)nn(C)c1Cl. The van der Waals surface area contributed by atoms with Crippen molar-refractivity contribution in [2.24, 2.45) is 7.05 Å². The summed E-state index contributed by atoms with van der Waals surface area (Å²) in [5, 5.41) is 7.58. The largest absolute Gasteiger partial charge is 0.348 e. The average molecular weight is 304 g/mol. The minimum absolute atomic E-state index is 0.155. The summed E-state index contributed by atoms with van der Waals surface area (Å²) in [5.74, 6) is -0.155. The lowest BCUT2D eigenvalue weighted by atomic mass is 10.1. The van der Waals surface area contributed by atoms with E-state index in [1.165, 1.54) is 6.08 Å². The first-order valence-corrected chi connectivity index (χ1v) is 7.06. The molecule has 0 aliphatic heterocycles. The van der Waals surface area contributed by atoms with Gasteiger partial charge in [-0.2, -0.15) is 5.10 Å². The second kappa shape index (κ2) is 6.59. The van der Waals surface area contributed by atoms with Crippen LogP contribution in [0.25, 0.3) is 6.08 Å². The van der Waals surface area contributed by atoms with E-state index in [1.807, 2.05) is 38.1 Å². The molecule has 0 spiro atoms. The van der Waals surface area contributed by atoms with Crippen LogP contribution in [0.4, 0.5) is 0 Å². The molecule has 1 amide bonds. The highest BCUT2D eigenvalue weighted by molar-refractivity contribution is 6.31. The fourth-order valence-electron chi connectivity index (χ4n) is 2.04. The quantitative estimate of drug-likeness (QED) is 0.883. The van der Waals surface area contributed by atoms with Crippen molar-refractivity contribution in [3.05, 3.63) is 57.9 Å². The van der Waals surface area contributed by atoms with Crippen LogP contribution in [0.2, 0.25) is 5.15 Å². The van der Waals surface area contributed by atoms with Crippen LogP contribution in [-0.2, 0) is 18.4 Å². The molecule has 5 heteroatoms. The molecule has 0 unspecified atom stereocenters. The topological polar surface area (TPSA) is 46.9 Å². The molecule has 0 fully saturated rings. The Morgan fingerprint density at radius 3 is 2.71 bits per heavy atom. The Morgan fingerprint density at radius 1 is 1.38 bits per heavy atom. The fourth-order valence-corrected chi connectivity index (χ4v) is 2.28. The highest BCUT2D eigenvalue weighted by Crippen LogP contribution is 2.19. The Morgan fingerprint density at radius 2 is 2.10 bits per heavy atom. The molecule has 1 aromatic heterocycles. The predicted molar refractivity (Wildman–Crippen MR) is 85.0 cm³/mol. The zero-order valence-corrected chi connectivity index (χ0v) is 13.1. The first-order valence-electron chi connectivity index (χ1n) is 6.68. The van der Waals surface area contributed by atoms with Crippen LogP contribution in [-0.4, -0.2) is 15.7 Å². The molecule has 110 valence electrons. The van der Waals surface area contributed by atoms with Gasteiger partial charge in [-0.05, 0) is 31.1 Å². The second-order valence-corrected chi connectivity index (χ2v) is 5.25. The Kier molecular flexibility index (Phi) is 4.81. The molecule has 2 aromatic rings. The summed E-state index contributed by atoms with van der Waals surface area (Å²) < 4.78 is 1.59. The van der Waals surface area contributed by atoms with Gasteiger partial charge in [-0.25, -0.2) is 0 Å². The molecule has 1 N–H and O–H groups in total. The van der Waals surface area contributed by atoms with Gasteiger partial charge >= 0.3 is 0 Å². The molecule has 0 saturated heterocycles. The van der Waals surface area contributed by atoms with E-state index < -0.39 is 0 Å². The summed E-state index contributed by atoms with van der Waals surface area (Å²) in [4.78, 5) is 11.9. The molecule has 1 aromatic carbocycles. The predicted octanol–water partition coefficient (Wildman–Crippen LogP) is 3.02. The van der Waals surface area contributed by atoms with Gasteiger partial charge in [0.15, 0.2) is 0 Å². The number of hydrogen-bond donors (Lipinski definition) is 1. The van der Waals surface area contributed by atoms with Crippen LogP contribution >= 0.6 is 11.6 Å². The molecule has 0 saturated carbocycles. The molecular formula is C16H18ClN3O. The van der Waals surface area contributed by atoms with Gasteiger partial charge < -0.3 is 5.32 Å². The molecule has 0 radical (unpaired) electrons. The Balaban J connectivity index is 1.99. The first-order chi connectivity index (χ1) is 9.99. The van der Waals surface area contributed by atoms with E-state index in [-0.39, 0.29) is 5.91 Å². The van der Waals surface area contributed by atoms with Gasteiger partial charge in [-0.15, -0.1) is 0 Å². The monoisotopic (exact) mass is 303 g/mol. The van der Waals surface area contributed by atoms with Gasteiger partial charge in [0.2, 0.25) is 5.91 Å². The molecule has 2 rings (SSSR count). The van der Waals surface area contributed by atoms with Crippen molar-refractivity contribution >= 4 is 23.6 Å². The first kappa shape index (κ1) is 15.3. The van der Waals surface area contributed by atoms with Crippen molar-refractivity contribution in [1.29, 1.82) is 0 Å². The highest BCUT2D eigenvalue weighted by atomic mass is 35.5. The molecular weight excluding hydrogens is 286 g/mol. The third kappa shape index (κ3) is 3.73. The average Bonchev–Trinajstić information content (AvgIpc) is 2.69. The van der Waals surface area contributed by atoms with Crippen LogP contribution in [0.5, 0.6) is 0 Å². The number of rotatable bonds is 4. The Bertz CT molecular complexity index is 689. The lowest BCUT2D eigenvalue weighted by Crippen LogP contribution is -2.20. The van der Waals surface area contributed by atoms with Crippen molar-refractivity contribution in [2.45, 2.75) is 20.4 Å². The zero-order valence-electron chi connectivity index (χ0n) is 12.4. The number of amides is 1. The number of halogens is 1. The summed E-state index contributed by atoms with van der Waals surface area (Å²) >= 11 is 6.11. The number of aryl methyl sites for hydroxylation is 3. The summed E-state index contributed by atoms with van der Waals surface area (Å²) in [6, 6.07) is 7.97. The molecule has 4 nitrogen and oxygen atoms in total. The van der Waals surface area contributed by atoms with Gasteiger partial charge in [-0.3, -0.25) is 9.48 Å². The molecule has 0 atom stereocenters. The van der Waals surface area contributed by atoms with Gasteiger partial charge in [0, 0.05) is 25.2 Å². The van der Waals surface area contributed by atoms with E-state index in [9.17, 15) is 4.79 Å². The Hall–Kier alpha value is -2.07. The van der Waals surface area contributed by atoms with Gasteiger partial charge in [-0.1, -0.05) is 35.9 Å². The van der Waals surface area contributed by atoms with Crippen molar-refractivity contribution in [3.63, 3.8) is 0 Å². The van der Waals surface area contributed by atoms with Crippen LogP contribution in [0.1, 0.15) is 22.4 Å². The summed E-state index contributed by atoms with van der Waals surface area (Å²) in [6.07, 6.45) is 3.17. The third-order valence-electron chi connectivity index (χ3n) is 3.31. The van der Waals surface area contributed by atoms with E-state index in [0.717, 1.165) is 22.4 Å². The summed E-state index contributed by atoms with van der Waals surface area (Å²) in [7, 11) is 1.77. The molecule has 0 aliphatic carbocycles. The van der Waals surface area contributed by atoms with Gasteiger partial charge in [0.1, 0.15) is 5.15 Å². The van der Waals surface area contributed by atoms with Crippen molar-refractivity contribution < 1.29 is 4.79 Å². The number of nitrogens with one attached hydrogen (secondary N) is 1. The minimum Gasteiger partial charge on any atom is -0.348 e. The minimum atomic E-state index is -0.155. The summed E-state index contributed by atoms with van der Waals surface area (Å²) in [6.45, 7) is 4.39. The summed E-state index contributed by atoms with van der Waals surface area (Å²) in [5.41, 5.74) is 3.83. The van der Waals surface area contributed by atoms with E-state index >= 15 is 0 Å². The molecule has 1 heterocycles. The zero-order chi connectivity index (χ0) is 15.4. The molecule has 0 bridgehead atoms. The van der Waals surface area contributed by atoms with Crippen molar-refractivity contribution in [1.82, 2.24) is 15.1 Å².